The van der Waals surface area contributed by atoms with Gasteiger partial charge in [0.25, 0.3) is 0 Å². The number of hydrogen-bond donors (Lipinski definition) is 1. The minimum atomic E-state index is -0.431. The van der Waals surface area contributed by atoms with Gasteiger partial charge in [0.2, 0.25) is 0 Å². The van der Waals surface area contributed by atoms with Crippen molar-refractivity contribution in [1.82, 2.24) is 4.90 Å². The zero-order chi connectivity index (χ0) is 40.9. The van der Waals surface area contributed by atoms with E-state index in [9.17, 15) is 14.7 Å². The number of aliphatic hydroxyl groups excluding tert-OH is 1. The van der Waals surface area contributed by atoms with Crippen molar-refractivity contribution in [3.8, 4) is 0 Å². The lowest BCUT2D eigenvalue weighted by molar-refractivity contribution is -0.161. The van der Waals surface area contributed by atoms with Crippen molar-refractivity contribution in [3.05, 3.63) is 0 Å². The average Bonchev–Trinajstić information content (AvgIpc) is 3.16. The zero-order valence-electron chi connectivity index (χ0n) is 38.3. The minimum Gasteiger partial charge on any atom is -0.465 e. The Bertz CT molecular complexity index is 842. The van der Waals surface area contributed by atoms with E-state index in [0.29, 0.717) is 6.61 Å². The van der Waals surface area contributed by atoms with E-state index in [1.165, 1.54) is 135 Å². The Morgan fingerprint density at radius 3 is 1.29 bits per heavy atom. The quantitative estimate of drug-likeness (QED) is 0.0491. The van der Waals surface area contributed by atoms with Gasteiger partial charge in [0.05, 0.1) is 17.4 Å². The lowest BCUT2D eigenvalue weighted by Gasteiger charge is -2.27. The Morgan fingerprint density at radius 1 is 0.473 bits per heavy atom. The molecule has 55 heavy (non-hydrogen) atoms. The number of carbonyl (C=O) groups is 2. The second kappa shape index (κ2) is 37.2. The Labute approximate surface area is 343 Å². The van der Waals surface area contributed by atoms with E-state index in [4.69, 9.17) is 9.47 Å². The first-order valence-electron chi connectivity index (χ1n) is 24.3. The number of aliphatic hydroxyl groups is 1. The summed E-state index contributed by atoms with van der Waals surface area (Å²) in [7, 11) is 0. The van der Waals surface area contributed by atoms with Crippen molar-refractivity contribution in [1.29, 1.82) is 0 Å². The van der Waals surface area contributed by atoms with Crippen molar-refractivity contribution < 1.29 is 24.2 Å². The Morgan fingerprint density at radius 2 is 0.836 bits per heavy atom. The summed E-state index contributed by atoms with van der Waals surface area (Å²) in [4.78, 5) is 28.6. The number of hydrogen-bond acceptors (Lipinski definition) is 6. The fourth-order valence-electron chi connectivity index (χ4n) is 7.64. The van der Waals surface area contributed by atoms with Gasteiger partial charge in [-0.1, -0.05) is 162 Å². The molecule has 0 fully saturated rings. The lowest BCUT2D eigenvalue weighted by atomic mass is 9.86. The lowest BCUT2D eigenvalue weighted by Crippen LogP contribution is -2.31. The first kappa shape index (κ1) is 53.9. The minimum absolute atomic E-state index is 0.00895. The highest BCUT2D eigenvalue weighted by Gasteiger charge is 2.31. The maximum absolute atomic E-state index is 13.4. The number of esters is 2. The fraction of sp³-hybridized carbons (Fsp3) is 0.959. The van der Waals surface area contributed by atoms with Crippen LogP contribution < -0.4 is 0 Å². The van der Waals surface area contributed by atoms with Crippen LogP contribution in [-0.4, -0.2) is 60.9 Å². The van der Waals surface area contributed by atoms with E-state index in [2.05, 4.69) is 39.5 Å². The van der Waals surface area contributed by atoms with E-state index in [1.807, 2.05) is 13.8 Å². The molecular weight excluding hydrogens is 683 g/mol. The smallest absolute Gasteiger partial charge is 0.311 e. The molecule has 6 nitrogen and oxygen atoms in total. The van der Waals surface area contributed by atoms with Crippen molar-refractivity contribution in [2.24, 2.45) is 10.8 Å². The summed E-state index contributed by atoms with van der Waals surface area (Å²) in [5.74, 6) is -0.0252. The number of rotatable bonds is 42. The fourth-order valence-corrected chi connectivity index (χ4v) is 7.64. The molecule has 0 aliphatic carbocycles. The topological polar surface area (TPSA) is 76.1 Å². The highest BCUT2D eigenvalue weighted by atomic mass is 16.5. The molecule has 0 spiro atoms. The Kier molecular flexibility index (Phi) is 36.4. The van der Waals surface area contributed by atoms with E-state index in [0.717, 1.165) is 90.3 Å². The first-order chi connectivity index (χ1) is 26.5. The summed E-state index contributed by atoms with van der Waals surface area (Å²) in [6.45, 7) is 19.0. The van der Waals surface area contributed by atoms with Crippen LogP contribution in [0.3, 0.4) is 0 Å². The van der Waals surface area contributed by atoms with Gasteiger partial charge in [0, 0.05) is 13.2 Å². The second-order valence-corrected chi connectivity index (χ2v) is 18.4. The zero-order valence-corrected chi connectivity index (χ0v) is 38.3. The van der Waals surface area contributed by atoms with Crippen molar-refractivity contribution in [2.45, 2.75) is 260 Å². The maximum atomic E-state index is 13.4. The molecule has 0 rings (SSSR count). The van der Waals surface area contributed by atoms with Crippen LogP contribution >= 0.6 is 0 Å². The van der Waals surface area contributed by atoms with Gasteiger partial charge in [0.15, 0.2) is 0 Å². The molecule has 0 unspecified atom stereocenters. The predicted octanol–water partition coefficient (Wildman–Crippen LogP) is 14.3. The summed E-state index contributed by atoms with van der Waals surface area (Å²) in [6.07, 6.45) is 37.7. The molecule has 0 bridgehead atoms. The summed E-state index contributed by atoms with van der Waals surface area (Å²) in [5, 5.41) is 9.47. The highest BCUT2D eigenvalue weighted by Crippen LogP contribution is 2.29. The molecule has 0 saturated carbocycles. The molecule has 0 aliphatic heterocycles. The molecule has 0 aromatic carbocycles. The molecule has 0 saturated heterocycles. The van der Waals surface area contributed by atoms with Crippen molar-refractivity contribution in [2.75, 3.05) is 32.8 Å². The van der Waals surface area contributed by atoms with Crippen LogP contribution in [0.4, 0.5) is 0 Å². The van der Waals surface area contributed by atoms with Gasteiger partial charge in [-0.2, -0.15) is 0 Å². The Balaban J connectivity index is 4.38. The summed E-state index contributed by atoms with van der Waals surface area (Å²) < 4.78 is 11.9. The largest absolute Gasteiger partial charge is 0.465 e. The van der Waals surface area contributed by atoms with E-state index in [1.54, 1.807) is 0 Å². The highest BCUT2D eigenvalue weighted by molar-refractivity contribution is 5.76. The molecule has 1 N–H and O–H groups in total. The van der Waals surface area contributed by atoms with Crippen LogP contribution in [0.25, 0.3) is 0 Å². The van der Waals surface area contributed by atoms with Gasteiger partial charge in [-0.05, 0) is 105 Å². The molecule has 0 amide bonds. The van der Waals surface area contributed by atoms with Crippen LogP contribution in [0, 0.1) is 10.8 Å². The summed E-state index contributed by atoms with van der Waals surface area (Å²) in [5.41, 5.74) is -0.828. The van der Waals surface area contributed by atoms with Gasteiger partial charge in [-0.15, -0.1) is 0 Å². The van der Waals surface area contributed by atoms with Crippen molar-refractivity contribution in [3.63, 3.8) is 0 Å². The van der Waals surface area contributed by atoms with E-state index in [-0.39, 0.29) is 24.6 Å². The molecule has 328 valence electrons. The predicted molar refractivity (Wildman–Crippen MR) is 237 cm³/mol. The summed E-state index contributed by atoms with van der Waals surface area (Å²) in [6, 6.07) is 0. The molecule has 0 heterocycles. The van der Waals surface area contributed by atoms with Gasteiger partial charge in [-0.3, -0.25) is 9.59 Å². The van der Waals surface area contributed by atoms with Crippen molar-refractivity contribution >= 4 is 11.9 Å². The number of nitrogens with zero attached hydrogens (tertiary/aromatic N) is 1. The van der Waals surface area contributed by atoms with Crippen LogP contribution in [0.15, 0.2) is 0 Å². The number of unbranched alkanes of at least 4 members (excludes halogenated alkanes) is 22. The third-order valence-corrected chi connectivity index (χ3v) is 11.8. The van der Waals surface area contributed by atoms with Crippen LogP contribution in [0.2, 0.25) is 0 Å². The molecule has 0 aromatic rings. The maximum Gasteiger partial charge on any atom is 0.311 e. The van der Waals surface area contributed by atoms with E-state index >= 15 is 0 Å². The molecule has 0 radical (unpaired) electrons. The van der Waals surface area contributed by atoms with Gasteiger partial charge >= 0.3 is 11.9 Å². The number of ether oxygens (including phenoxy) is 2. The Hall–Kier alpha value is -1.14. The molecule has 0 aliphatic rings. The normalized spacial score (nSPS) is 12.3. The van der Waals surface area contributed by atoms with Gasteiger partial charge in [0.1, 0.15) is 6.10 Å². The standard InChI is InChI=1S/C49H97NO5/c1-8-11-14-17-21-28-36-45(37-29-22-18-15-12-9-2)55-47(53)49(6,7)39-31-24-26-33-41-50(42-35-43-51)40-32-25-20-23-30-38-48(4,5)46(52)54-44-34-27-19-16-13-10-3/h45,51H,8-44H2,1-7H3. The van der Waals surface area contributed by atoms with Crippen LogP contribution in [0.1, 0.15) is 254 Å². The monoisotopic (exact) mass is 780 g/mol. The van der Waals surface area contributed by atoms with Gasteiger partial charge in [-0.25, -0.2) is 0 Å². The first-order valence-corrected chi connectivity index (χ1v) is 24.3. The molecule has 0 atom stereocenters. The SMILES string of the molecule is CCCCCCCCOC(=O)C(C)(C)CCCCCCCN(CCCO)CCCCCCC(C)(C)C(=O)OC(CCCCCCCC)CCCCCCCC. The number of carbonyl (C=O) groups excluding carboxylic acids is 2. The third-order valence-electron chi connectivity index (χ3n) is 11.8. The molecule has 6 heteroatoms. The van der Waals surface area contributed by atoms with Gasteiger partial charge < -0.3 is 19.5 Å². The average molecular weight is 780 g/mol. The third kappa shape index (κ3) is 32.5. The second-order valence-electron chi connectivity index (χ2n) is 18.4. The molecular formula is C49H97NO5. The van der Waals surface area contributed by atoms with Crippen LogP contribution in [0.5, 0.6) is 0 Å². The van der Waals surface area contributed by atoms with E-state index < -0.39 is 10.8 Å². The molecule has 0 aromatic heterocycles. The van der Waals surface area contributed by atoms with Crippen LogP contribution in [-0.2, 0) is 19.1 Å². The summed E-state index contributed by atoms with van der Waals surface area (Å²) >= 11 is 0.